The van der Waals surface area contributed by atoms with Gasteiger partial charge in [0, 0.05) is 44.4 Å². The van der Waals surface area contributed by atoms with Gasteiger partial charge in [0.2, 0.25) is 5.91 Å². The number of nitrogens with zero attached hydrogens (tertiary/aromatic N) is 2. The molecule has 1 fully saturated rings. The zero-order chi connectivity index (χ0) is 20.5. The van der Waals surface area contributed by atoms with Crippen molar-refractivity contribution in [3.63, 3.8) is 0 Å². The van der Waals surface area contributed by atoms with Crippen LogP contribution in [0.25, 0.3) is 0 Å². The van der Waals surface area contributed by atoms with Gasteiger partial charge in [0.05, 0.1) is 20.3 Å². The Morgan fingerprint density at radius 3 is 2.38 bits per heavy atom. The largest absolute Gasteiger partial charge is 0.497 e. The molecule has 0 unspecified atom stereocenters. The Labute approximate surface area is 173 Å². The third-order valence-electron chi connectivity index (χ3n) is 4.99. The summed E-state index contributed by atoms with van der Waals surface area (Å²) < 4.78 is 16.7. The molecule has 6 nitrogen and oxygen atoms in total. The van der Waals surface area contributed by atoms with Gasteiger partial charge in [-0.15, -0.1) is 0 Å². The highest BCUT2D eigenvalue weighted by molar-refractivity contribution is 5.76. The number of carbonyl (C=O) groups is 1. The average Bonchev–Trinajstić information content (AvgIpc) is 2.78. The predicted molar refractivity (Wildman–Crippen MR) is 114 cm³/mol. The van der Waals surface area contributed by atoms with Crippen molar-refractivity contribution in [2.75, 3.05) is 51.4 Å². The Bertz CT molecular complexity index is 788. The first-order valence-corrected chi connectivity index (χ1v) is 10.2. The second-order valence-corrected chi connectivity index (χ2v) is 6.90. The van der Waals surface area contributed by atoms with Crippen LogP contribution in [0.2, 0.25) is 0 Å². The minimum Gasteiger partial charge on any atom is -0.497 e. The SMILES string of the molecule is CCOc1ccccc1OCCCC(=O)N1CCN(c2cccc(OC)c2)CC1. The van der Waals surface area contributed by atoms with Crippen molar-refractivity contribution in [3.05, 3.63) is 48.5 Å². The fourth-order valence-corrected chi connectivity index (χ4v) is 3.43. The molecule has 1 heterocycles. The minimum atomic E-state index is 0.192. The van der Waals surface area contributed by atoms with Crippen LogP contribution in [0.5, 0.6) is 17.2 Å². The van der Waals surface area contributed by atoms with Crippen LogP contribution in [-0.4, -0.2) is 57.3 Å². The fraction of sp³-hybridized carbons (Fsp3) is 0.435. The topological polar surface area (TPSA) is 51.2 Å². The van der Waals surface area contributed by atoms with Gasteiger partial charge < -0.3 is 24.0 Å². The molecule has 2 aromatic carbocycles. The Morgan fingerprint density at radius 1 is 0.966 bits per heavy atom. The van der Waals surface area contributed by atoms with Gasteiger partial charge in [-0.05, 0) is 37.6 Å². The van der Waals surface area contributed by atoms with Crippen LogP contribution in [0, 0.1) is 0 Å². The van der Waals surface area contributed by atoms with E-state index in [0.717, 1.165) is 49.1 Å². The lowest BCUT2D eigenvalue weighted by Crippen LogP contribution is -2.48. The van der Waals surface area contributed by atoms with Crippen molar-refractivity contribution in [1.29, 1.82) is 0 Å². The van der Waals surface area contributed by atoms with Gasteiger partial charge in [0.15, 0.2) is 11.5 Å². The van der Waals surface area contributed by atoms with E-state index in [9.17, 15) is 4.79 Å². The molecule has 0 spiro atoms. The molecule has 0 atom stereocenters. The van der Waals surface area contributed by atoms with Gasteiger partial charge in [-0.3, -0.25) is 4.79 Å². The summed E-state index contributed by atoms with van der Waals surface area (Å²) in [6.45, 7) is 6.19. The van der Waals surface area contributed by atoms with Gasteiger partial charge in [-0.25, -0.2) is 0 Å². The smallest absolute Gasteiger partial charge is 0.222 e. The lowest BCUT2D eigenvalue weighted by Gasteiger charge is -2.36. The Morgan fingerprint density at radius 2 is 1.69 bits per heavy atom. The van der Waals surface area contributed by atoms with E-state index in [0.29, 0.717) is 26.1 Å². The summed E-state index contributed by atoms with van der Waals surface area (Å²) in [5, 5.41) is 0. The second-order valence-electron chi connectivity index (χ2n) is 6.90. The Kier molecular flexibility index (Phi) is 7.61. The molecular weight excluding hydrogens is 368 g/mol. The number of piperazine rings is 1. The first-order valence-electron chi connectivity index (χ1n) is 10.2. The van der Waals surface area contributed by atoms with Gasteiger partial charge in [-0.2, -0.15) is 0 Å². The number of para-hydroxylation sites is 2. The molecule has 156 valence electrons. The quantitative estimate of drug-likeness (QED) is 0.604. The Balaban J connectivity index is 1.40. The summed E-state index contributed by atoms with van der Waals surface area (Å²) in [6, 6.07) is 15.7. The van der Waals surface area contributed by atoms with Crippen LogP contribution in [0.3, 0.4) is 0 Å². The number of methoxy groups -OCH3 is 1. The van der Waals surface area contributed by atoms with Crippen LogP contribution >= 0.6 is 0 Å². The van der Waals surface area contributed by atoms with E-state index in [1.807, 2.05) is 54.3 Å². The van der Waals surface area contributed by atoms with Crippen LogP contribution in [-0.2, 0) is 4.79 Å². The lowest BCUT2D eigenvalue weighted by molar-refractivity contribution is -0.131. The number of rotatable bonds is 9. The van der Waals surface area contributed by atoms with Crippen molar-refractivity contribution in [2.24, 2.45) is 0 Å². The molecule has 0 saturated carbocycles. The molecule has 1 amide bonds. The van der Waals surface area contributed by atoms with Crippen LogP contribution < -0.4 is 19.1 Å². The van der Waals surface area contributed by atoms with Gasteiger partial charge in [0.1, 0.15) is 5.75 Å². The molecule has 1 aliphatic rings. The number of hydrogen-bond acceptors (Lipinski definition) is 5. The molecule has 6 heteroatoms. The molecule has 0 radical (unpaired) electrons. The van der Waals surface area contributed by atoms with E-state index < -0.39 is 0 Å². The molecule has 0 aromatic heterocycles. The van der Waals surface area contributed by atoms with E-state index in [1.54, 1.807) is 7.11 Å². The van der Waals surface area contributed by atoms with Crippen molar-refractivity contribution in [2.45, 2.75) is 19.8 Å². The molecule has 0 bridgehead atoms. The molecule has 1 saturated heterocycles. The number of amides is 1. The maximum Gasteiger partial charge on any atom is 0.222 e. The zero-order valence-corrected chi connectivity index (χ0v) is 17.3. The molecule has 0 N–H and O–H groups in total. The highest BCUT2D eigenvalue weighted by Crippen LogP contribution is 2.26. The fourth-order valence-electron chi connectivity index (χ4n) is 3.43. The average molecular weight is 399 g/mol. The van der Waals surface area contributed by atoms with Crippen LogP contribution in [0.1, 0.15) is 19.8 Å². The highest BCUT2D eigenvalue weighted by atomic mass is 16.5. The van der Waals surface area contributed by atoms with Crippen molar-refractivity contribution in [3.8, 4) is 17.2 Å². The van der Waals surface area contributed by atoms with Gasteiger partial charge in [-0.1, -0.05) is 18.2 Å². The number of ether oxygens (including phenoxy) is 3. The number of carbonyl (C=O) groups excluding carboxylic acids is 1. The third kappa shape index (κ3) is 5.79. The van der Waals surface area contributed by atoms with Crippen LogP contribution in [0.4, 0.5) is 5.69 Å². The van der Waals surface area contributed by atoms with Gasteiger partial charge in [0.25, 0.3) is 0 Å². The second kappa shape index (κ2) is 10.6. The van der Waals surface area contributed by atoms with E-state index >= 15 is 0 Å². The molecule has 2 aromatic rings. The molecular formula is C23H30N2O4. The number of hydrogen-bond donors (Lipinski definition) is 0. The maximum atomic E-state index is 12.5. The zero-order valence-electron chi connectivity index (χ0n) is 17.3. The highest BCUT2D eigenvalue weighted by Gasteiger charge is 2.21. The van der Waals surface area contributed by atoms with E-state index in [1.165, 1.54) is 0 Å². The summed E-state index contributed by atoms with van der Waals surface area (Å²) in [4.78, 5) is 16.8. The summed E-state index contributed by atoms with van der Waals surface area (Å²) in [6.07, 6.45) is 1.19. The summed E-state index contributed by atoms with van der Waals surface area (Å²) in [5.74, 6) is 2.52. The predicted octanol–water partition coefficient (Wildman–Crippen LogP) is 3.60. The maximum absolute atomic E-state index is 12.5. The van der Waals surface area contributed by atoms with E-state index in [2.05, 4.69) is 11.0 Å². The Hall–Kier alpha value is -2.89. The standard InChI is InChI=1S/C23H30N2O4/c1-3-28-21-10-4-5-11-22(21)29-17-7-12-23(26)25-15-13-24(14-16-25)19-8-6-9-20(18-19)27-2/h4-6,8-11,18H,3,7,12-17H2,1-2H3. The third-order valence-corrected chi connectivity index (χ3v) is 4.99. The van der Waals surface area contributed by atoms with E-state index in [4.69, 9.17) is 14.2 Å². The summed E-state index contributed by atoms with van der Waals surface area (Å²) in [5.41, 5.74) is 1.14. The lowest BCUT2D eigenvalue weighted by atomic mass is 10.2. The van der Waals surface area contributed by atoms with Crippen molar-refractivity contribution < 1.29 is 19.0 Å². The molecule has 1 aliphatic heterocycles. The van der Waals surface area contributed by atoms with E-state index in [-0.39, 0.29) is 5.91 Å². The summed E-state index contributed by atoms with van der Waals surface area (Å²) in [7, 11) is 1.68. The summed E-state index contributed by atoms with van der Waals surface area (Å²) >= 11 is 0. The van der Waals surface area contributed by atoms with Gasteiger partial charge >= 0.3 is 0 Å². The van der Waals surface area contributed by atoms with Crippen molar-refractivity contribution in [1.82, 2.24) is 4.90 Å². The van der Waals surface area contributed by atoms with Crippen molar-refractivity contribution >= 4 is 11.6 Å². The monoisotopic (exact) mass is 398 g/mol. The minimum absolute atomic E-state index is 0.192. The molecule has 29 heavy (non-hydrogen) atoms. The number of benzene rings is 2. The molecule has 3 rings (SSSR count). The number of anilines is 1. The first-order chi connectivity index (χ1) is 14.2. The molecule has 0 aliphatic carbocycles. The van der Waals surface area contributed by atoms with Crippen LogP contribution in [0.15, 0.2) is 48.5 Å². The first kappa shape index (κ1) is 20.8. The normalized spacial score (nSPS) is 13.9.